The van der Waals surface area contributed by atoms with Crippen LogP contribution in [0.3, 0.4) is 0 Å². The van der Waals surface area contributed by atoms with Crippen molar-refractivity contribution in [2.24, 2.45) is 5.73 Å². The van der Waals surface area contributed by atoms with Gasteiger partial charge in [-0.15, -0.1) is 0 Å². The molecule has 0 aliphatic heterocycles. The molecule has 26 heavy (non-hydrogen) atoms. The Balaban J connectivity index is 4.34. The second-order valence-electron chi connectivity index (χ2n) is 7.96. The molecule has 0 aliphatic carbocycles. The van der Waals surface area contributed by atoms with Gasteiger partial charge in [-0.05, 0) is 40.0 Å². The number of carbonyl (C=O) groups excluding carboxylic acids is 3. The van der Waals surface area contributed by atoms with Gasteiger partial charge >= 0.3 is 5.97 Å². The number of amides is 2. The van der Waals surface area contributed by atoms with Crippen molar-refractivity contribution in [1.29, 1.82) is 0 Å². The molecule has 0 aliphatic rings. The van der Waals surface area contributed by atoms with E-state index in [0.717, 1.165) is 30.3 Å². The van der Waals surface area contributed by atoms with E-state index in [9.17, 15) is 14.4 Å². The van der Waals surface area contributed by atoms with E-state index in [-0.39, 0.29) is 18.6 Å². The number of ether oxygens (including phenoxy) is 1. The molecule has 2 amide bonds. The molecule has 0 radical (unpaired) electrons. The van der Waals surface area contributed by atoms with Crippen LogP contribution >= 0.6 is 0 Å². The van der Waals surface area contributed by atoms with E-state index < -0.39 is 24.0 Å². The third-order valence-corrected chi connectivity index (χ3v) is 3.60. The fraction of sp³-hybridized carbons (Fsp3) is 0.833. The Morgan fingerprint density at radius 3 is 2.15 bits per heavy atom. The van der Waals surface area contributed by atoms with Gasteiger partial charge in [0.05, 0.1) is 39.8 Å². The molecule has 8 nitrogen and oxygen atoms in total. The highest BCUT2D eigenvalue weighted by molar-refractivity contribution is 5.87. The van der Waals surface area contributed by atoms with Crippen molar-refractivity contribution in [1.82, 2.24) is 10.6 Å². The van der Waals surface area contributed by atoms with Crippen molar-refractivity contribution in [2.45, 2.75) is 64.6 Å². The topological polar surface area (TPSA) is 111 Å². The number of rotatable bonds is 12. The summed E-state index contributed by atoms with van der Waals surface area (Å²) >= 11 is 0. The summed E-state index contributed by atoms with van der Waals surface area (Å²) in [6.07, 6.45) is 2.91. The lowest BCUT2D eigenvalue weighted by atomic mass is 10.1. The van der Waals surface area contributed by atoms with Crippen LogP contribution in [0.15, 0.2) is 0 Å². The number of unbranched alkanes of at least 4 members (excludes halogenated alkanes) is 2. The number of quaternary nitrogens is 1. The van der Waals surface area contributed by atoms with Crippen molar-refractivity contribution >= 4 is 17.8 Å². The minimum atomic E-state index is -0.946. The highest BCUT2D eigenvalue weighted by Gasteiger charge is 2.25. The van der Waals surface area contributed by atoms with E-state index in [0.29, 0.717) is 6.42 Å². The maximum atomic E-state index is 12.1. The molecule has 0 fully saturated rings. The molecule has 0 aromatic rings. The molecule has 0 bridgehead atoms. The van der Waals surface area contributed by atoms with Gasteiger partial charge < -0.3 is 25.6 Å². The van der Waals surface area contributed by atoms with Crippen LogP contribution in [0.25, 0.3) is 0 Å². The Hall–Kier alpha value is -1.67. The zero-order valence-corrected chi connectivity index (χ0v) is 17.1. The zero-order valence-electron chi connectivity index (χ0n) is 17.1. The summed E-state index contributed by atoms with van der Waals surface area (Å²) in [5, 5.41) is 5.20. The molecule has 0 saturated heterocycles. The largest absolute Gasteiger partial charge is 0.461 e. The first-order chi connectivity index (χ1) is 11.9. The smallest absolute Gasteiger partial charge is 0.330 e. The third kappa shape index (κ3) is 12.7. The zero-order chi connectivity index (χ0) is 20.3. The lowest BCUT2D eigenvalue weighted by Crippen LogP contribution is -2.53. The molecule has 0 heterocycles. The van der Waals surface area contributed by atoms with E-state index in [1.54, 1.807) is 13.8 Å². The number of nitrogens with one attached hydrogen (secondary N) is 2. The number of hydrogen-bond donors (Lipinski definition) is 3. The van der Waals surface area contributed by atoms with Gasteiger partial charge in [0.25, 0.3) is 0 Å². The molecule has 0 aromatic carbocycles. The van der Waals surface area contributed by atoms with Crippen molar-refractivity contribution in [2.75, 3.05) is 34.2 Å². The van der Waals surface area contributed by atoms with Crippen molar-refractivity contribution in [3.63, 3.8) is 0 Å². The van der Waals surface area contributed by atoms with Gasteiger partial charge in [0.15, 0.2) is 0 Å². The molecule has 0 aromatic heterocycles. The van der Waals surface area contributed by atoms with E-state index in [1.165, 1.54) is 6.92 Å². The first kappa shape index (κ1) is 24.3. The monoisotopic (exact) mass is 373 g/mol. The summed E-state index contributed by atoms with van der Waals surface area (Å²) in [6.45, 7) is 6.01. The highest BCUT2D eigenvalue weighted by Crippen LogP contribution is 2.03. The van der Waals surface area contributed by atoms with Crippen LogP contribution in [0.1, 0.15) is 46.5 Å². The Kier molecular flexibility index (Phi) is 11.1. The second-order valence-corrected chi connectivity index (χ2v) is 7.96. The molecule has 0 rings (SSSR count). The summed E-state index contributed by atoms with van der Waals surface area (Å²) in [7, 11) is 6.42. The van der Waals surface area contributed by atoms with Crippen LogP contribution in [0, 0.1) is 0 Å². The number of nitrogens with zero attached hydrogens (tertiary/aromatic N) is 1. The predicted octanol–water partition coefficient (Wildman–Crippen LogP) is 0.153. The van der Waals surface area contributed by atoms with Crippen LogP contribution in [-0.2, 0) is 19.1 Å². The van der Waals surface area contributed by atoms with Crippen molar-refractivity contribution in [3.8, 4) is 0 Å². The summed E-state index contributed by atoms with van der Waals surface area (Å²) in [6, 6.07) is -1.70. The highest BCUT2D eigenvalue weighted by atomic mass is 16.5. The first-order valence-corrected chi connectivity index (χ1v) is 9.26. The van der Waals surface area contributed by atoms with Crippen LogP contribution in [0.2, 0.25) is 0 Å². The van der Waals surface area contributed by atoms with E-state index in [4.69, 9.17) is 10.5 Å². The molecule has 152 valence electrons. The molecule has 0 unspecified atom stereocenters. The minimum Gasteiger partial charge on any atom is -0.461 e. The van der Waals surface area contributed by atoms with Crippen LogP contribution in [0.5, 0.6) is 0 Å². The minimum absolute atomic E-state index is 0.0122. The summed E-state index contributed by atoms with van der Waals surface area (Å²) in [5.41, 5.74) is 5.51. The molecular formula is C18H37N4O4+. The number of nitrogens with two attached hydrogens (primary N) is 1. The summed E-state index contributed by atoms with van der Waals surface area (Å²) < 4.78 is 6.03. The Labute approximate surface area is 157 Å². The fourth-order valence-electron chi connectivity index (χ4n) is 2.16. The SMILES string of the molecule is CC(C)OC(=O)[C@@H](CNC(=O)CCCCC[N+](C)(C)C)NC(=O)[C@H](C)N. The van der Waals surface area contributed by atoms with Crippen molar-refractivity contribution in [3.05, 3.63) is 0 Å². The molecule has 2 atom stereocenters. The molecule has 0 saturated carbocycles. The standard InChI is InChI=1S/C18H36N4O4/c1-13(2)26-18(25)15(21-17(24)14(3)19)12-20-16(23)10-8-7-9-11-22(4,5)6/h13-15H,7-12,19H2,1-6H3,(H-,20,21,23,24)/p+1/t14-,15+/m0/s1. The summed E-state index contributed by atoms with van der Waals surface area (Å²) in [4.78, 5) is 35.8. The van der Waals surface area contributed by atoms with Gasteiger partial charge in [0.1, 0.15) is 6.04 Å². The third-order valence-electron chi connectivity index (χ3n) is 3.60. The maximum Gasteiger partial charge on any atom is 0.330 e. The van der Waals surface area contributed by atoms with Crippen LogP contribution in [0.4, 0.5) is 0 Å². The quantitative estimate of drug-likeness (QED) is 0.256. The second kappa shape index (κ2) is 11.9. The molecule has 4 N–H and O–H groups in total. The van der Waals surface area contributed by atoms with Crippen LogP contribution < -0.4 is 16.4 Å². The maximum absolute atomic E-state index is 12.1. The molecule has 0 spiro atoms. The normalized spacial score (nSPS) is 13.8. The fourth-order valence-corrected chi connectivity index (χ4v) is 2.16. The summed E-state index contributed by atoms with van der Waals surface area (Å²) in [5.74, 6) is -1.20. The first-order valence-electron chi connectivity index (χ1n) is 9.26. The lowest BCUT2D eigenvalue weighted by Gasteiger charge is -2.23. The average Bonchev–Trinajstić information content (AvgIpc) is 2.48. The van der Waals surface area contributed by atoms with Gasteiger partial charge in [0.2, 0.25) is 11.8 Å². The molecular weight excluding hydrogens is 336 g/mol. The van der Waals surface area contributed by atoms with Crippen molar-refractivity contribution < 1.29 is 23.6 Å². The van der Waals surface area contributed by atoms with Gasteiger partial charge in [-0.25, -0.2) is 4.79 Å². The van der Waals surface area contributed by atoms with E-state index >= 15 is 0 Å². The lowest BCUT2D eigenvalue weighted by molar-refractivity contribution is -0.870. The number of hydrogen-bond acceptors (Lipinski definition) is 5. The Morgan fingerprint density at radius 2 is 1.65 bits per heavy atom. The van der Waals surface area contributed by atoms with Gasteiger partial charge in [0, 0.05) is 13.0 Å². The Bertz CT molecular complexity index is 459. The van der Waals surface area contributed by atoms with Gasteiger partial charge in [-0.1, -0.05) is 0 Å². The number of carbonyl (C=O) groups is 3. The number of esters is 1. The van der Waals surface area contributed by atoms with Crippen LogP contribution in [-0.4, -0.2) is 74.7 Å². The molecule has 8 heteroatoms. The predicted molar refractivity (Wildman–Crippen MR) is 101 cm³/mol. The van der Waals surface area contributed by atoms with Gasteiger partial charge in [-0.2, -0.15) is 0 Å². The van der Waals surface area contributed by atoms with Gasteiger partial charge in [-0.3, -0.25) is 9.59 Å². The van der Waals surface area contributed by atoms with E-state index in [2.05, 4.69) is 31.8 Å². The Morgan fingerprint density at radius 1 is 1.04 bits per heavy atom. The average molecular weight is 374 g/mol. The van der Waals surface area contributed by atoms with E-state index in [1.807, 2.05) is 0 Å².